The Kier molecular flexibility index (Phi) is 1.55. The van der Waals surface area contributed by atoms with E-state index in [1.807, 2.05) is 19.9 Å². The van der Waals surface area contributed by atoms with Crippen LogP contribution in [-0.4, -0.2) is 4.98 Å². The Bertz CT molecular complexity index is 519. The first-order chi connectivity index (χ1) is 6.09. The van der Waals surface area contributed by atoms with Crippen LogP contribution in [0.1, 0.15) is 17.1 Å². The normalized spacial score (nSPS) is 11.0. The maximum atomic E-state index is 11.4. The van der Waals surface area contributed by atoms with E-state index in [0.717, 1.165) is 16.8 Å². The third-order valence-electron chi connectivity index (χ3n) is 2.23. The first-order valence-corrected chi connectivity index (χ1v) is 4.19. The lowest BCUT2D eigenvalue weighted by molar-refractivity contribution is 0.488. The highest BCUT2D eigenvalue weighted by atomic mass is 16.4. The van der Waals surface area contributed by atoms with Gasteiger partial charge in [0.1, 0.15) is 5.76 Å². The molecule has 13 heavy (non-hydrogen) atoms. The average Bonchev–Trinajstić information content (AvgIpc) is 2.27. The van der Waals surface area contributed by atoms with Gasteiger partial charge >= 0.3 is 5.63 Å². The molecule has 0 aliphatic rings. The number of aromatic amines is 1. The Hall–Kier alpha value is -1.51. The van der Waals surface area contributed by atoms with Crippen molar-refractivity contribution in [3.05, 3.63) is 33.6 Å². The van der Waals surface area contributed by atoms with Gasteiger partial charge in [-0.2, -0.15) is 0 Å². The Morgan fingerprint density at radius 1 is 1.23 bits per heavy atom. The van der Waals surface area contributed by atoms with Gasteiger partial charge in [-0.05, 0) is 26.8 Å². The summed E-state index contributed by atoms with van der Waals surface area (Å²) < 4.78 is 5.01. The van der Waals surface area contributed by atoms with Crippen LogP contribution in [0.3, 0.4) is 0 Å². The second-order valence-electron chi connectivity index (χ2n) is 3.31. The van der Waals surface area contributed by atoms with Crippen molar-refractivity contribution in [3.63, 3.8) is 0 Å². The summed E-state index contributed by atoms with van der Waals surface area (Å²) in [4.78, 5) is 14.6. The molecule has 0 saturated carbocycles. The molecule has 0 fully saturated rings. The van der Waals surface area contributed by atoms with E-state index in [1.54, 1.807) is 6.92 Å². The van der Waals surface area contributed by atoms with Crippen LogP contribution in [0.4, 0.5) is 0 Å². The fourth-order valence-corrected chi connectivity index (χ4v) is 1.67. The molecule has 0 saturated heterocycles. The Morgan fingerprint density at radius 2 is 1.92 bits per heavy atom. The molecule has 3 nitrogen and oxygen atoms in total. The molecule has 2 aromatic heterocycles. The Morgan fingerprint density at radius 3 is 2.62 bits per heavy atom. The predicted octanol–water partition coefficient (Wildman–Crippen LogP) is 2.05. The van der Waals surface area contributed by atoms with E-state index in [1.165, 1.54) is 0 Å². The topological polar surface area (TPSA) is 46.0 Å². The van der Waals surface area contributed by atoms with Crippen LogP contribution < -0.4 is 5.63 Å². The minimum Gasteiger partial charge on any atom is -0.428 e. The van der Waals surface area contributed by atoms with Crippen LogP contribution in [0.5, 0.6) is 0 Å². The van der Waals surface area contributed by atoms with Gasteiger partial charge in [0, 0.05) is 16.8 Å². The lowest BCUT2D eigenvalue weighted by atomic mass is 10.2. The first kappa shape index (κ1) is 8.10. The number of hydrogen-bond acceptors (Lipinski definition) is 2. The Balaban J connectivity index is 3.06. The lowest BCUT2D eigenvalue weighted by Gasteiger charge is -1.92. The fraction of sp³-hybridized carbons (Fsp3) is 0.300. The van der Waals surface area contributed by atoms with Crippen molar-refractivity contribution in [1.29, 1.82) is 0 Å². The molecule has 0 radical (unpaired) electrons. The quantitative estimate of drug-likeness (QED) is 0.669. The summed E-state index contributed by atoms with van der Waals surface area (Å²) >= 11 is 0. The van der Waals surface area contributed by atoms with Gasteiger partial charge in [0.25, 0.3) is 0 Å². The van der Waals surface area contributed by atoms with Crippen LogP contribution in [0.15, 0.2) is 15.3 Å². The molecular formula is C10H11NO2. The molecule has 0 unspecified atom stereocenters. The molecule has 0 aromatic carbocycles. The second kappa shape index (κ2) is 2.49. The van der Waals surface area contributed by atoms with Crippen molar-refractivity contribution >= 4 is 10.8 Å². The monoisotopic (exact) mass is 177 g/mol. The van der Waals surface area contributed by atoms with Crippen molar-refractivity contribution in [2.45, 2.75) is 20.8 Å². The van der Waals surface area contributed by atoms with Gasteiger partial charge in [-0.15, -0.1) is 0 Å². The van der Waals surface area contributed by atoms with E-state index in [2.05, 4.69) is 4.98 Å². The predicted molar refractivity (Wildman–Crippen MR) is 51.0 cm³/mol. The van der Waals surface area contributed by atoms with Gasteiger partial charge in [0.15, 0.2) is 0 Å². The van der Waals surface area contributed by atoms with E-state index < -0.39 is 0 Å². The first-order valence-electron chi connectivity index (χ1n) is 4.19. The highest BCUT2D eigenvalue weighted by molar-refractivity contribution is 5.86. The zero-order valence-corrected chi connectivity index (χ0v) is 7.89. The SMILES string of the molecule is Cc1cc2c(C)[nH]c(C)c2c(=O)o1. The third kappa shape index (κ3) is 1.08. The van der Waals surface area contributed by atoms with E-state index in [-0.39, 0.29) is 5.63 Å². The molecule has 68 valence electrons. The molecule has 2 heterocycles. The standard InChI is InChI=1S/C10H11NO2/c1-5-4-8-6(2)11-7(3)9(8)10(12)13-5/h4,11H,1-3H3. The van der Waals surface area contributed by atoms with Crippen LogP contribution >= 0.6 is 0 Å². The van der Waals surface area contributed by atoms with Crippen LogP contribution in [0.25, 0.3) is 10.8 Å². The summed E-state index contributed by atoms with van der Waals surface area (Å²) in [6.07, 6.45) is 0. The zero-order valence-electron chi connectivity index (χ0n) is 7.89. The molecule has 2 rings (SSSR count). The smallest absolute Gasteiger partial charge is 0.345 e. The van der Waals surface area contributed by atoms with Gasteiger partial charge in [0.05, 0.1) is 5.39 Å². The molecule has 3 heteroatoms. The zero-order chi connectivity index (χ0) is 9.59. The van der Waals surface area contributed by atoms with Crippen LogP contribution in [0.2, 0.25) is 0 Å². The average molecular weight is 177 g/mol. The van der Waals surface area contributed by atoms with Gasteiger partial charge in [-0.1, -0.05) is 0 Å². The number of fused-ring (bicyclic) bond motifs is 1. The van der Waals surface area contributed by atoms with Crippen molar-refractivity contribution in [2.75, 3.05) is 0 Å². The molecule has 1 N–H and O–H groups in total. The number of aryl methyl sites for hydroxylation is 3. The highest BCUT2D eigenvalue weighted by Crippen LogP contribution is 2.19. The van der Waals surface area contributed by atoms with E-state index in [0.29, 0.717) is 11.1 Å². The fourth-order valence-electron chi connectivity index (χ4n) is 1.67. The minimum absolute atomic E-state index is 0.253. The van der Waals surface area contributed by atoms with Crippen molar-refractivity contribution in [3.8, 4) is 0 Å². The summed E-state index contributed by atoms with van der Waals surface area (Å²) in [6.45, 7) is 5.61. The number of rotatable bonds is 0. The molecule has 0 aliphatic heterocycles. The molecule has 0 amide bonds. The molecule has 0 bridgehead atoms. The van der Waals surface area contributed by atoms with Crippen molar-refractivity contribution in [1.82, 2.24) is 4.98 Å². The number of hydrogen-bond donors (Lipinski definition) is 1. The maximum Gasteiger partial charge on any atom is 0.345 e. The summed E-state index contributed by atoms with van der Waals surface area (Å²) in [5, 5.41) is 1.63. The highest BCUT2D eigenvalue weighted by Gasteiger charge is 2.09. The summed E-state index contributed by atoms with van der Waals surface area (Å²) in [7, 11) is 0. The van der Waals surface area contributed by atoms with E-state index in [9.17, 15) is 4.79 Å². The molecule has 2 aromatic rings. The summed E-state index contributed by atoms with van der Waals surface area (Å²) in [5.74, 6) is 0.652. The molecular weight excluding hydrogens is 166 g/mol. The van der Waals surface area contributed by atoms with Gasteiger partial charge in [0.2, 0.25) is 0 Å². The van der Waals surface area contributed by atoms with E-state index >= 15 is 0 Å². The summed E-state index contributed by atoms with van der Waals surface area (Å²) in [5.41, 5.74) is 1.64. The second-order valence-corrected chi connectivity index (χ2v) is 3.31. The van der Waals surface area contributed by atoms with Crippen LogP contribution in [-0.2, 0) is 0 Å². The number of aromatic nitrogens is 1. The number of H-pyrrole nitrogens is 1. The molecule has 0 atom stereocenters. The molecule has 0 spiro atoms. The van der Waals surface area contributed by atoms with Gasteiger partial charge in [-0.25, -0.2) is 4.79 Å². The van der Waals surface area contributed by atoms with Crippen molar-refractivity contribution < 1.29 is 4.42 Å². The van der Waals surface area contributed by atoms with Gasteiger partial charge < -0.3 is 9.40 Å². The van der Waals surface area contributed by atoms with Gasteiger partial charge in [-0.3, -0.25) is 0 Å². The van der Waals surface area contributed by atoms with Crippen LogP contribution in [0, 0.1) is 20.8 Å². The van der Waals surface area contributed by atoms with Crippen molar-refractivity contribution in [2.24, 2.45) is 0 Å². The molecule has 0 aliphatic carbocycles. The third-order valence-corrected chi connectivity index (χ3v) is 2.23. The minimum atomic E-state index is -0.253. The Labute approximate surface area is 75.4 Å². The lowest BCUT2D eigenvalue weighted by Crippen LogP contribution is -1.99. The summed E-state index contributed by atoms with van der Waals surface area (Å²) in [6, 6.07) is 1.88. The van der Waals surface area contributed by atoms with E-state index in [4.69, 9.17) is 4.42 Å². The number of nitrogens with one attached hydrogen (secondary N) is 1. The maximum absolute atomic E-state index is 11.4. The largest absolute Gasteiger partial charge is 0.428 e.